The number of carbonyl (C=O) groups excluding carboxylic acids is 1. The fourth-order valence-corrected chi connectivity index (χ4v) is 4.01. The highest BCUT2D eigenvalue weighted by atomic mass is 35.5. The molecule has 27 heavy (non-hydrogen) atoms. The van der Waals surface area contributed by atoms with Gasteiger partial charge in [-0.1, -0.05) is 29.8 Å². The number of rotatable bonds is 7. The SMILES string of the molecule is CC1CN(Cc2csc(NC(=O)COCc3ccccc3Cl)n2)CC(C)O1. The van der Waals surface area contributed by atoms with E-state index in [1.54, 1.807) is 6.07 Å². The number of carbonyl (C=O) groups is 1. The van der Waals surface area contributed by atoms with Crippen molar-refractivity contribution in [1.29, 1.82) is 0 Å². The Balaban J connectivity index is 1.43. The molecule has 2 aromatic rings. The lowest BCUT2D eigenvalue weighted by molar-refractivity contribution is -0.121. The maximum atomic E-state index is 12.0. The Hall–Kier alpha value is -1.51. The molecule has 2 unspecified atom stereocenters. The normalized spacial score (nSPS) is 20.6. The van der Waals surface area contributed by atoms with Crippen molar-refractivity contribution in [3.8, 4) is 0 Å². The number of ether oxygens (including phenoxy) is 2. The van der Waals surface area contributed by atoms with E-state index >= 15 is 0 Å². The summed E-state index contributed by atoms with van der Waals surface area (Å²) in [5.41, 5.74) is 1.81. The molecule has 0 radical (unpaired) electrons. The van der Waals surface area contributed by atoms with Crippen LogP contribution in [0.3, 0.4) is 0 Å². The molecule has 1 aromatic carbocycles. The molecule has 3 rings (SSSR count). The van der Waals surface area contributed by atoms with Gasteiger partial charge in [0.15, 0.2) is 5.13 Å². The first kappa shape index (κ1) is 20.2. The summed E-state index contributed by atoms with van der Waals surface area (Å²) >= 11 is 7.49. The van der Waals surface area contributed by atoms with Crippen LogP contribution in [0, 0.1) is 0 Å². The van der Waals surface area contributed by atoms with Crippen LogP contribution in [0.5, 0.6) is 0 Å². The third kappa shape index (κ3) is 6.26. The molecule has 0 saturated carbocycles. The molecule has 6 nitrogen and oxygen atoms in total. The molecule has 8 heteroatoms. The van der Waals surface area contributed by atoms with Crippen molar-refractivity contribution < 1.29 is 14.3 Å². The summed E-state index contributed by atoms with van der Waals surface area (Å²) in [7, 11) is 0. The van der Waals surface area contributed by atoms with Crippen LogP contribution in [0.15, 0.2) is 29.6 Å². The van der Waals surface area contributed by atoms with Gasteiger partial charge in [-0.05, 0) is 25.5 Å². The van der Waals surface area contributed by atoms with E-state index in [1.807, 2.05) is 23.6 Å². The number of benzene rings is 1. The summed E-state index contributed by atoms with van der Waals surface area (Å²) in [4.78, 5) is 18.9. The second kappa shape index (κ2) is 9.61. The molecule has 1 amide bonds. The molecular weight excluding hydrogens is 386 g/mol. The van der Waals surface area contributed by atoms with E-state index in [0.717, 1.165) is 30.9 Å². The lowest BCUT2D eigenvalue weighted by Crippen LogP contribution is -2.44. The Kier molecular flexibility index (Phi) is 7.20. The number of morpholine rings is 1. The van der Waals surface area contributed by atoms with Crippen molar-refractivity contribution in [3.63, 3.8) is 0 Å². The molecular formula is C19H24ClN3O3S. The summed E-state index contributed by atoms with van der Waals surface area (Å²) < 4.78 is 11.2. The zero-order valence-electron chi connectivity index (χ0n) is 15.5. The third-order valence-electron chi connectivity index (χ3n) is 4.13. The minimum absolute atomic E-state index is 0.0430. The monoisotopic (exact) mass is 409 g/mol. The number of hydrogen-bond donors (Lipinski definition) is 1. The molecule has 2 heterocycles. The first-order chi connectivity index (χ1) is 13.0. The van der Waals surface area contributed by atoms with Gasteiger partial charge in [0, 0.05) is 30.0 Å². The molecule has 0 bridgehead atoms. The second-order valence-electron chi connectivity index (χ2n) is 6.73. The lowest BCUT2D eigenvalue weighted by atomic mass is 10.2. The fourth-order valence-electron chi connectivity index (χ4n) is 3.10. The van der Waals surface area contributed by atoms with Crippen LogP contribution in [0.1, 0.15) is 25.1 Å². The van der Waals surface area contributed by atoms with E-state index in [1.165, 1.54) is 11.3 Å². The number of nitrogens with one attached hydrogen (secondary N) is 1. The predicted octanol–water partition coefficient (Wildman–Crippen LogP) is 3.56. The van der Waals surface area contributed by atoms with Crippen LogP contribution in [-0.4, -0.2) is 47.7 Å². The number of aromatic nitrogens is 1. The third-order valence-corrected chi connectivity index (χ3v) is 5.30. The number of nitrogens with zero attached hydrogens (tertiary/aromatic N) is 2. The summed E-state index contributed by atoms with van der Waals surface area (Å²) in [6.07, 6.45) is 0.448. The summed E-state index contributed by atoms with van der Waals surface area (Å²) in [6, 6.07) is 7.42. The van der Waals surface area contributed by atoms with Crippen molar-refractivity contribution in [3.05, 3.63) is 45.9 Å². The van der Waals surface area contributed by atoms with Gasteiger partial charge in [-0.15, -0.1) is 11.3 Å². The van der Waals surface area contributed by atoms with Gasteiger partial charge in [0.25, 0.3) is 5.91 Å². The number of hydrogen-bond acceptors (Lipinski definition) is 6. The molecule has 1 saturated heterocycles. The lowest BCUT2D eigenvalue weighted by Gasteiger charge is -2.34. The molecule has 1 aliphatic heterocycles. The molecule has 1 N–H and O–H groups in total. The number of anilines is 1. The maximum absolute atomic E-state index is 12.0. The molecule has 0 aliphatic carbocycles. The van der Waals surface area contributed by atoms with Crippen molar-refractivity contribution in [2.24, 2.45) is 0 Å². The van der Waals surface area contributed by atoms with Crippen molar-refractivity contribution in [2.75, 3.05) is 25.0 Å². The van der Waals surface area contributed by atoms with Gasteiger partial charge in [-0.3, -0.25) is 15.0 Å². The summed E-state index contributed by atoms with van der Waals surface area (Å²) in [6.45, 7) is 6.95. The Morgan fingerprint density at radius 1 is 1.37 bits per heavy atom. The summed E-state index contributed by atoms with van der Waals surface area (Å²) in [5.74, 6) is -0.225. The smallest absolute Gasteiger partial charge is 0.252 e. The number of amides is 1. The first-order valence-electron chi connectivity index (χ1n) is 8.93. The maximum Gasteiger partial charge on any atom is 0.252 e. The van der Waals surface area contributed by atoms with E-state index in [9.17, 15) is 4.79 Å². The minimum atomic E-state index is -0.225. The molecule has 146 valence electrons. The molecule has 1 fully saturated rings. The minimum Gasteiger partial charge on any atom is -0.373 e. The Labute approximate surface area is 168 Å². The van der Waals surface area contributed by atoms with E-state index < -0.39 is 0 Å². The van der Waals surface area contributed by atoms with Crippen molar-refractivity contribution in [1.82, 2.24) is 9.88 Å². The molecule has 1 aliphatic rings. The van der Waals surface area contributed by atoms with Crippen LogP contribution < -0.4 is 5.32 Å². The van der Waals surface area contributed by atoms with Gasteiger partial charge >= 0.3 is 0 Å². The van der Waals surface area contributed by atoms with Gasteiger partial charge in [0.1, 0.15) is 6.61 Å². The van der Waals surface area contributed by atoms with Crippen LogP contribution >= 0.6 is 22.9 Å². The average Bonchev–Trinajstić information content (AvgIpc) is 3.02. The van der Waals surface area contributed by atoms with E-state index in [2.05, 4.69) is 29.0 Å². The van der Waals surface area contributed by atoms with E-state index in [-0.39, 0.29) is 24.7 Å². The van der Waals surface area contributed by atoms with Crippen molar-refractivity contribution >= 4 is 34.0 Å². The topological polar surface area (TPSA) is 63.7 Å². The van der Waals surface area contributed by atoms with Crippen LogP contribution in [-0.2, 0) is 27.4 Å². The molecule has 2 atom stereocenters. The largest absolute Gasteiger partial charge is 0.373 e. The predicted molar refractivity (Wildman–Crippen MR) is 107 cm³/mol. The van der Waals surface area contributed by atoms with Gasteiger partial charge in [0.05, 0.1) is 24.5 Å². The standard InChI is InChI=1S/C19H24ClN3O3S/c1-13-7-23(8-14(2)26-13)9-16-12-27-19(21-16)22-18(24)11-25-10-15-5-3-4-6-17(15)20/h3-6,12-14H,7-11H2,1-2H3,(H,21,22,24). The Morgan fingerprint density at radius 3 is 2.85 bits per heavy atom. The second-order valence-corrected chi connectivity index (χ2v) is 7.99. The van der Waals surface area contributed by atoms with Crippen LogP contribution in [0.2, 0.25) is 5.02 Å². The van der Waals surface area contributed by atoms with Gasteiger partial charge < -0.3 is 9.47 Å². The zero-order valence-corrected chi connectivity index (χ0v) is 17.1. The van der Waals surface area contributed by atoms with Crippen LogP contribution in [0.4, 0.5) is 5.13 Å². The quantitative estimate of drug-likeness (QED) is 0.757. The molecule has 1 aromatic heterocycles. The zero-order chi connectivity index (χ0) is 19.2. The number of halogens is 1. The number of thiazole rings is 1. The Morgan fingerprint density at radius 2 is 2.11 bits per heavy atom. The van der Waals surface area contributed by atoms with Gasteiger partial charge in [-0.25, -0.2) is 4.98 Å². The molecule has 0 spiro atoms. The highest BCUT2D eigenvalue weighted by Gasteiger charge is 2.22. The van der Waals surface area contributed by atoms with Crippen molar-refractivity contribution in [2.45, 2.75) is 39.2 Å². The van der Waals surface area contributed by atoms with Crippen LogP contribution in [0.25, 0.3) is 0 Å². The fraction of sp³-hybridized carbons (Fsp3) is 0.474. The highest BCUT2D eigenvalue weighted by Crippen LogP contribution is 2.19. The van der Waals surface area contributed by atoms with Gasteiger partial charge in [0.2, 0.25) is 0 Å². The average molecular weight is 410 g/mol. The Bertz CT molecular complexity index is 760. The van der Waals surface area contributed by atoms with Gasteiger partial charge in [-0.2, -0.15) is 0 Å². The summed E-state index contributed by atoms with van der Waals surface area (Å²) in [5, 5.41) is 5.98. The first-order valence-corrected chi connectivity index (χ1v) is 10.2. The van der Waals surface area contributed by atoms with E-state index in [0.29, 0.717) is 16.8 Å². The van der Waals surface area contributed by atoms with E-state index in [4.69, 9.17) is 21.1 Å². The highest BCUT2D eigenvalue weighted by molar-refractivity contribution is 7.13.